The van der Waals surface area contributed by atoms with E-state index in [0.717, 1.165) is 19.0 Å². The molecule has 2 fully saturated rings. The van der Waals surface area contributed by atoms with E-state index < -0.39 is 0 Å². The summed E-state index contributed by atoms with van der Waals surface area (Å²) < 4.78 is 0. The van der Waals surface area contributed by atoms with Crippen LogP contribution in [0, 0.1) is 5.92 Å². The monoisotopic (exact) mass is 239 g/mol. The van der Waals surface area contributed by atoms with Gasteiger partial charge in [0.25, 0.3) is 0 Å². The number of hydrogen-bond acceptors (Lipinski definition) is 3. The molecule has 2 N–H and O–H groups in total. The highest BCUT2D eigenvalue weighted by atomic mass is 16.1. The highest BCUT2D eigenvalue weighted by Crippen LogP contribution is 2.20. The van der Waals surface area contributed by atoms with Gasteiger partial charge in [-0.1, -0.05) is 6.42 Å². The molecule has 1 amide bonds. The number of primary amides is 1. The van der Waals surface area contributed by atoms with Gasteiger partial charge in [-0.15, -0.1) is 0 Å². The summed E-state index contributed by atoms with van der Waals surface area (Å²) >= 11 is 0. The van der Waals surface area contributed by atoms with E-state index in [9.17, 15) is 4.79 Å². The lowest BCUT2D eigenvalue weighted by atomic mass is 9.95. The Morgan fingerprint density at radius 3 is 2.24 bits per heavy atom. The zero-order valence-corrected chi connectivity index (χ0v) is 10.7. The summed E-state index contributed by atoms with van der Waals surface area (Å²) in [7, 11) is 0. The SMILES string of the molecule is NC(=O)CN1CCC(CN2CCCCC2)CC1. The van der Waals surface area contributed by atoms with E-state index >= 15 is 0 Å². The van der Waals surface area contributed by atoms with Gasteiger partial charge in [0.1, 0.15) is 0 Å². The van der Waals surface area contributed by atoms with Crippen LogP contribution in [0.1, 0.15) is 32.1 Å². The second kappa shape index (κ2) is 6.36. The molecule has 0 aromatic rings. The van der Waals surface area contributed by atoms with Gasteiger partial charge in [-0.05, 0) is 57.8 Å². The third-order valence-corrected chi connectivity index (χ3v) is 4.05. The Morgan fingerprint density at radius 2 is 1.65 bits per heavy atom. The van der Waals surface area contributed by atoms with Gasteiger partial charge in [0.05, 0.1) is 6.54 Å². The van der Waals surface area contributed by atoms with Gasteiger partial charge in [-0.3, -0.25) is 9.69 Å². The Bertz CT molecular complexity index is 243. The van der Waals surface area contributed by atoms with Crippen LogP contribution in [0.4, 0.5) is 0 Å². The van der Waals surface area contributed by atoms with Gasteiger partial charge in [0, 0.05) is 6.54 Å². The summed E-state index contributed by atoms with van der Waals surface area (Å²) in [5, 5.41) is 0. The van der Waals surface area contributed by atoms with Crippen LogP contribution in [0.2, 0.25) is 0 Å². The van der Waals surface area contributed by atoms with Crippen molar-refractivity contribution in [2.45, 2.75) is 32.1 Å². The van der Waals surface area contributed by atoms with E-state index in [-0.39, 0.29) is 5.91 Å². The van der Waals surface area contributed by atoms with Gasteiger partial charge in [-0.25, -0.2) is 0 Å². The van der Waals surface area contributed by atoms with Crippen LogP contribution in [0.15, 0.2) is 0 Å². The summed E-state index contributed by atoms with van der Waals surface area (Å²) in [5.41, 5.74) is 5.22. The Kier molecular flexibility index (Phi) is 4.80. The van der Waals surface area contributed by atoms with E-state index in [4.69, 9.17) is 5.73 Å². The quantitative estimate of drug-likeness (QED) is 0.784. The predicted octanol–water partition coefficient (Wildman–Crippen LogP) is 0.670. The average molecular weight is 239 g/mol. The minimum absolute atomic E-state index is 0.195. The molecule has 2 aliphatic rings. The second-order valence-electron chi connectivity index (χ2n) is 5.55. The lowest BCUT2D eigenvalue weighted by molar-refractivity contribution is -0.119. The van der Waals surface area contributed by atoms with Crippen LogP contribution in [-0.2, 0) is 4.79 Å². The molecule has 0 spiro atoms. The number of likely N-dealkylation sites (tertiary alicyclic amines) is 2. The lowest BCUT2D eigenvalue weighted by Crippen LogP contribution is -2.43. The van der Waals surface area contributed by atoms with Crippen LogP contribution in [-0.4, -0.2) is 55.0 Å². The maximum atomic E-state index is 10.8. The third kappa shape index (κ3) is 4.28. The molecule has 0 unspecified atom stereocenters. The van der Waals surface area contributed by atoms with E-state index in [1.54, 1.807) is 0 Å². The molecule has 0 radical (unpaired) electrons. The molecule has 0 aliphatic carbocycles. The summed E-state index contributed by atoms with van der Waals surface area (Å²) in [6.45, 7) is 6.38. The molecule has 4 nitrogen and oxygen atoms in total. The zero-order chi connectivity index (χ0) is 12.1. The normalized spacial score (nSPS) is 24.9. The van der Waals surface area contributed by atoms with Gasteiger partial charge in [-0.2, -0.15) is 0 Å². The van der Waals surface area contributed by atoms with Crippen LogP contribution in [0.5, 0.6) is 0 Å². The fourth-order valence-corrected chi connectivity index (χ4v) is 3.05. The summed E-state index contributed by atoms with van der Waals surface area (Å²) in [6.07, 6.45) is 6.61. The number of rotatable bonds is 4. The molecule has 2 heterocycles. The van der Waals surface area contributed by atoms with Crippen molar-refractivity contribution in [2.24, 2.45) is 11.7 Å². The van der Waals surface area contributed by atoms with Crippen molar-refractivity contribution >= 4 is 5.91 Å². The minimum Gasteiger partial charge on any atom is -0.369 e. The van der Waals surface area contributed by atoms with E-state index in [0.29, 0.717) is 6.54 Å². The molecule has 4 heteroatoms. The first-order valence-corrected chi connectivity index (χ1v) is 6.97. The van der Waals surface area contributed by atoms with Crippen molar-refractivity contribution in [3.8, 4) is 0 Å². The van der Waals surface area contributed by atoms with Gasteiger partial charge >= 0.3 is 0 Å². The third-order valence-electron chi connectivity index (χ3n) is 4.05. The first-order valence-electron chi connectivity index (χ1n) is 6.97. The number of amides is 1. The standard InChI is InChI=1S/C13H25N3O/c14-13(17)11-16-8-4-12(5-9-16)10-15-6-2-1-3-7-15/h12H,1-11H2,(H2,14,17). The molecule has 2 saturated heterocycles. The number of carbonyl (C=O) groups excluding carboxylic acids is 1. The first-order chi connectivity index (χ1) is 8.24. The van der Waals surface area contributed by atoms with Gasteiger partial charge in [0.2, 0.25) is 5.91 Å². The molecule has 0 aromatic carbocycles. The molecule has 2 rings (SSSR count). The Balaban J connectivity index is 1.66. The summed E-state index contributed by atoms with van der Waals surface area (Å²) in [4.78, 5) is 15.7. The number of carbonyl (C=O) groups is 1. The smallest absolute Gasteiger partial charge is 0.231 e. The van der Waals surface area contributed by atoms with Gasteiger partial charge in [0.15, 0.2) is 0 Å². The minimum atomic E-state index is -0.195. The number of nitrogens with zero attached hydrogens (tertiary/aromatic N) is 2. The maximum absolute atomic E-state index is 10.8. The first kappa shape index (κ1) is 12.8. The average Bonchev–Trinajstić information content (AvgIpc) is 2.32. The van der Waals surface area contributed by atoms with Crippen LogP contribution in [0.3, 0.4) is 0 Å². The van der Waals surface area contributed by atoms with Crippen molar-refractivity contribution in [3.63, 3.8) is 0 Å². The predicted molar refractivity (Wildman–Crippen MR) is 68.6 cm³/mol. The van der Waals surface area contributed by atoms with E-state index in [1.807, 2.05) is 0 Å². The molecule has 0 bridgehead atoms. The largest absolute Gasteiger partial charge is 0.369 e. The molecule has 0 saturated carbocycles. The number of hydrogen-bond donors (Lipinski definition) is 1. The topological polar surface area (TPSA) is 49.6 Å². The van der Waals surface area contributed by atoms with Crippen molar-refractivity contribution in [1.82, 2.24) is 9.80 Å². The Labute approximate surface area is 104 Å². The molecule has 17 heavy (non-hydrogen) atoms. The summed E-state index contributed by atoms with van der Waals surface area (Å²) in [5.74, 6) is 0.636. The molecular formula is C13H25N3O. The lowest BCUT2D eigenvalue weighted by Gasteiger charge is -2.35. The maximum Gasteiger partial charge on any atom is 0.231 e. The van der Waals surface area contributed by atoms with E-state index in [1.165, 1.54) is 51.7 Å². The van der Waals surface area contributed by atoms with Crippen LogP contribution in [0.25, 0.3) is 0 Å². The fourth-order valence-electron chi connectivity index (χ4n) is 3.05. The summed E-state index contributed by atoms with van der Waals surface area (Å²) in [6, 6.07) is 0. The van der Waals surface area contributed by atoms with Crippen molar-refractivity contribution in [3.05, 3.63) is 0 Å². The van der Waals surface area contributed by atoms with Gasteiger partial charge < -0.3 is 10.6 Å². The number of nitrogens with two attached hydrogens (primary N) is 1. The van der Waals surface area contributed by atoms with Crippen molar-refractivity contribution < 1.29 is 4.79 Å². The molecule has 2 aliphatic heterocycles. The van der Waals surface area contributed by atoms with Crippen molar-refractivity contribution in [1.29, 1.82) is 0 Å². The molecule has 98 valence electrons. The van der Waals surface area contributed by atoms with Crippen LogP contribution >= 0.6 is 0 Å². The zero-order valence-electron chi connectivity index (χ0n) is 10.7. The second-order valence-corrected chi connectivity index (χ2v) is 5.55. The number of piperidine rings is 2. The Hall–Kier alpha value is -0.610. The fraction of sp³-hybridized carbons (Fsp3) is 0.923. The molecular weight excluding hydrogens is 214 g/mol. The Morgan fingerprint density at radius 1 is 1.00 bits per heavy atom. The molecule has 0 aromatic heterocycles. The highest BCUT2D eigenvalue weighted by Gasteiger charge is 2.22. The van der Waals surface area contributed by atoms with Crippen LogP contribution < -0.4 is 5.73 Å². The highest BCUT2D eigenvalue weighted by molar-refractivity contribution is 5.75. The van der Waals surface area contributed by atoms with E-state index in [2.05, 4.69) is 9.80 Å². The van der Waals surface area contributed by atoms with Crippen molar-refractivity contribution in [2.75, 3.05) is 39.3 Å². The molecule has 0 atom stereocenters.